The maximum atomic E-state index is 13.3. The summed E-state index contributed by atoms with van der Waals surface area (Å²) in [4.78, 5) is 35.0. The van der Waals surface area contributed by atoms with Crippen molar-refractivity contribution in [3.05, 3.63) is 56.2 Å². The van der Waals surface area contributed by atoms with Crippen molar-refractivity contribution in [2.45, 2.75) is 63.4 Å². The second kappa shape index (κ2) is 9.02. The highest BCUT2D eigenvalue weighted by Crippen LogP contribution is 2.36. The molecule has 3 heterocycles. The fourth-order valence-electron chi connectivity index (χ4n) is 4.79. The van der Waals surface area contributed by atoms with Crippen LogP contribution < -0.4 is 5.56 Å². The van der Waals surface area contributed by atoms with Crippen molar-refractivity contribution in [3.8, 4) is 0 Å². The lowest BCUT2D eigenvalue weighted by molar-refractivity contribution is 0.0793. The van der Waals surface area contributed by atoms with E-state index in [4.69, 9.17) is 4.98 Å². The number of likely N-dealkylation sites (tertiary alicyclic amines) is 1. The van der Waals surface area contributed by atoms with E-state index in [1.54, 1.807) is 23.1 Å². The largest absolute Gasteiger partial charge is 0.339 e. The molecular weight excluding hydrogens is 438 g/mol. The van der Waals surface area contributed by atoms with E-state index < -0.39 is 0 Å². The zero-order chi connectivity index (χ0) is 22.2. The number of amides is 1. The van der Waals surface area contributed by atoms with Crippen molar-refractivity contribution in [1.82, 2.24) is 14.5 Å². The molecule has 5 rings (SSSR count). The van der Waals surface area contributed by atoms with E-state index in [9.17, 15) is 9.59 Å². The van der Waals surface area contributed by atoms with Crippen molar-refractivity contribution in [3.63, 3.8) is 0 Å². The molecule has 1 unspecified atom stereocenters. The predicted octanol–water partition coefficient (Wildman–Crippen LogP) is 5.13. The van der Waals surface area contributed by atoms with Crippen molar-refractivity contribution in [2.24, 2.45) is 5.92 Å². The van der Waals surface area contributed by atoms with E-state index in [1.807, 2.05) is 40.7 Å². The maximum absolute atomic E-state index is 13.3. The minimum atomic E-state index is 0.110. The van der Waals surface area contributed by atoms with Gasteiger partial charge < -0.3 is 4.90 Å². The van der Waals surface area contributed by atoms with Crippen LogP contribution in [0.5, 0.6) is 0 Å². The minimum absolute atomic E-state index is 0.110. The van der Waals surface area contributed by atoms with E-state index in [1.165, 1.54) is 10.4 Å². The Morgan fingerprint density at radius 3 is 2.69 bits per heavy atom. The van der Waals surface area contributed by atoms with Gasteiger partial charge in [0.05, 0.1) is 5.39 Å². The molecule has 32 heavy (non-hydrogen) atoms. The molecule has 3 aromatic rings. The molecule has 5 nitrogen and oxygen atoms in total. The highest BCUT2D eigenvalue weighted by atomic mass is 32.2. The molecule has 1 aliphatic carbocycles. The summed E-state index contributed by atoms with van der Waals surface area (Å²) in [6.45, 7) is 6.65. The highest BCUT2D eigenvalue weighted by Gasteiger charge is 2.24. The molecule has 1 aliphatic heterocycles. The summed E-state index contributed by atoms with van der Waals surface area (Å²) in [5.41, 5.74) is 3.24. The zero-order valence-electron chi connectivity index (χ0n) is 18.7. The normalized spacial score (nSPS) is 18.3. The van der Waals surface area contributed by atoms with Crippen molar-refractivity contribution in [1.29, 1.82) is 0 Å². The van der Waals surface area contributed by atoms with Crippen LogP contribution in [0.4, 0.5) is 0 Å². The van der Waals surface area contributed by atoms with Crippen LogP contribution in [0.1, 0.15) is 59.5 Å². The number of carbonyl (C=O) groups excluding carboxylic acids is 1. The molecular formula is C25H29N3O2S2. The standard InChI is InChI=1S/C25H29N3O2S2/c1-3-28-24(30)21-19-11-6-16(2)14-20(19)32-22(21)26-25(28)31-15-17-7-9-18(10-8-17)23(29)27-12-4-5-13-27/h7-10,16H,3-6,11-15H2,1-2H3. The summed E-state index contributed by atoms with van der Waals surface area (Å²) in [7, 11) is 0. The van der Waals surface area contributed by atoms with Gasteiger partial charge in [0.1, 0.15) is 4.83 Å². The molecule has 1 fully saturated rings. The zero-order valence-corrected chi connectivity index (χ0v) is 20.4. The van der Waals surface area contributed by atoms with Crippen LogP contribution in [0.2, 0.25) is 0 Å². The number of fused-ring (bicyclic) bond motifs is 3. The van der Waals surface area contributed by atoms with Crippen LogP contribution in [-0.4, -0.2) is 33.4 Å². The molecule has 0 spiro atoms. The summed E-state index contributed by atoms with van der Waals surface area (Å²) in [5, 5.41) is 1.64. The molecule has 2 aromatic heterocycles. The Balaban J connectivity index is 1.37. The number of aromatic nitrogens is 2. The van der Waals surface area contributed by atoms with Crippen LogP contribution in [0, 0.1) is 5.92 Å². The number of thioether (sulfide) groups is 1. The fraction of sp³-hybridized carbons (Fsp3) is 0.480. The quantitative estimate of drug-likeness (QED) is 0.386. The molecule has 1 saturated heterocycles. The third-order valence-electron chi connectivity index (χ3n) is 6.66. The SMILES string of the molecule is CCn1c(SCc2ccc(C(=O)N3CCCC3)cc2)nc2sc3c(c2c1=O)CCC(C)C3. The Labute approximate surface area is 196 Å². The van der Waals surface area contributed by atoms with Gasteiger partial charge in [-0.2, -0.15) is 0 Å². The monoisotopic (exact) mass is 467 g/mol. The Morgan fingerprint density at radius 2 is 1.97 bits per heavy atom. The summed E-state index contributed by atoms with van der Waals surface area (Å²) in [6, 6.07) is 7.89. The van der Waals surface area contributed by atoms with Crippen molar-refractivity contribution < 1.29 is 4.79 Å². The second-order valence-electron chi connectivity index (χ2n) is 8.96. The van der Waals surface area contributed by atoms with Gasteiger partial charge in [0.2, 0.25) is 0 Å². The number of aryl methyl sites for hydroxylation is 1. The molecule has 1 atom stereocenters. The Kier molecular flexibility index (Phi) is 6.12. The van der Waals surface area contributed by atoms with Gasteiger partial charge in [-0.15, -0.1) is 11.3 Å². The molecule has 0 N–H and O–H groups in total. The van der Waals surface area contributed by atoms with Gasteiger partial charge >= 0.3 is 0 Å². The first-order valence-corrected chi connectivity index (χ1v) is 13.4. The average Bonchev–Trinajstić information content (AvgIpc) is 3.45. The third-order valence-corrected chi connectivity index (χ3v) is 8.85. The van der Waals surface area contributed by atoms with Crippen molar-refractivity contribution >= 4 is 39.2 Å². The molecule has 1 amide bonds. The molecule has 7 heteroatoms. The van der Waals surface area contributed by atoms with Gasteiger partial charge in [0.15, 0.2) is 5.16 Å². The van der Waals surface area contributed by atoms with Gasteiger partial charge in [-0.3, -0.25) is 14.2 Å². The van der Waals surface area contributed by atoms with Gasteiger partial charge in [0.25, 0.3) is 11.5 Å². The van der Waals surface area contributed by atoms with E-state index in [0.717, 1.165) is 77.4 Å². The molecule has 0 bridgehead atoms. The van der Waals surface area contributed by atoms with E-state index >= 15 is 0 Å². The number of benzene rings is 1. The highest BCUT2D eigenvalue weighted by molar-refractivity contribution is 7.98. The van der Waals surface area contributed by atoms with Gasteiger partial charge in [-0.05, 0) is 68.2 Å². The lowest BCUT2D eigenvalue weighted by Crippen LogP contribution is -2.27. The number of nitrogens with zero attached hydrogens (tertiary/aromatic N) is 3. The molecule has 1 aromatic carbocycles. The number of thiophene rings is 1. The fourth-order valence-corrected chi connectivity index (χ4v) is 7.23. The Hall–Kier alpha value is -2.12. The lowest BCUT2D eigenvalue weighted by atomic mass is 9.89. The van der Waals surface area contributed by atoms with Crippen LogP contribution in [-0.2, 0) is 25.1 Å². The smallest absolute Gasteiger partial charge is 0.263 e. The van der Waals surface area contributed by atoms with Gasteiger partial charge in [0, 0.05) is 35.8 Å². The summed E-state index contributed by atoms with van der Waals surface area (Å²) in [5.74, 6) is 1.53. The van der Waals surface area contributed by atoms with Crippen LogP contribution in [0.25, 0.3) is 10.2 Å². The summed E-state index contributed by atoms with van der Waals surface area (Å²) >= 11 is 3.31. The van der Waals surface area contributed by atoms with Gasteiger partial charge in [-0.25, -0.2) is 4.98 Å². The van der Waals surface area contributed by atoms with Gasteiger partial charge in [-0.1, -0.05) is 30.8 Å². The number of hydrogen-bond donors (Lipinski definition) is 0. The lowest BCUT2D eigenvalue weighted by Gasteiger charge is -2.17. The molecule has 0 radical (unpaired) electrons. The first-order valence-electron chi connectivity index (χ1n) is 11.6. The summed E-state index contributed by atoms with van der Waals surface area (Å²) < 4.78 is 1.82. The second-order valence-corrected chi connectivity index (χ2v) is 11.0. The van der Waals surface area contributed by atoms with E-state index in [-0.39, 0.29) is 11.5 Å². The number of hydrogen-bond acceptors (Lipinski definition) is 5. The van der Waals surface area contributed by atoms with Crippen LogP contribution in [0.15, 0.2) is 34.2 Å². The van der Waals surface area contributed by atoms with Crippen LogP contribution in [0.3, 0.4) is 0 Å². The molecule has 168 valence electrons. The topological polar surface area (TPSA) is 55.2 Å². The maximum Gasteiger partial charge on any atom is 0.263 e. The first-order chi connectivity index (χ1) is 15.5. The first kappa shape index (κ1) is 21.7. The van der Waals surface area contributed by atoms with Crippen LogP contribution >= 0.6 is 23.1 Å². The molecule has 2 aliphatic rings. The van der Waals surface area contributed by atoms with Crippen molar-refractivity contribution in [2.75, 3.05) is 13.1 Å². The Morgan fingerprint density at radius 1 is 1.22 bits per heavy atom. The Bertz CT molecular complexity index is 1210. The summed E-state index contributed by atoms with van der Waals surface area (Å²) in [6.07, 6.45) is 5.41. The third kappa shape index (κ3) is 4.01. The average molecular weight is 468 g/mol. The minimum Gasteiger partial charge on any atom is -0.339 e. The number of carbonyl (C=O) groups is 1. The number of rotatable bonds is 5. The van der Waals surface area contributed by atoms with E-state index in [2.05, 4.69) is 6.92 Å². The predicted molar refractivity (Wildman–Crippen MR) is 132 cm³/mol. The van der Waals surface area contributed by atoms with E-state index in [0.29, 0.717) is 12.5 Å². The molecule has 0 saturated carbocycles.